The molecule has 6 nitrogen and oxygen atoms in total. The number of fused-ring (bicyclic) bond motifs is 3. The lowest BCUT2D eigenvalue weighted by atomic mass is 9.97. The zero-order chi connectivity index (χ0) is 21.4. The molecular weight excluding hydrogens is 414 g/mol. The van der Waals surface area contributed by atoms with Crippen molar-refractivity contribution in [2.24, 2.45) is 5.92 Å². The van der Waals surface area contributed by atoms with Crippen molar-refractivity contribution < 1.29 is 13.9 Å². The van der Waals surface area contributed by atoms with E-state index in [4.69, 9.17) is 30.7 Å². The van der Waals surface area contributed by atoms with E-state index in [9.17, 15) is 4.79 Å². The van der Waals surface area contributed by atoms with E-state index >= 15 is 0 Å². The monoisotopic (exact) mass is 435 g/mol. The molecule has 5 rings (SSSR count). The van der Waals surface area contributed by atoms with E-state index in [1.54, 1.807) is 0 Å². The van der Waals surface area contributed by atoms with Crippen molar-refractivity contribution in [3.05, 3.63) is 53.6 Å². The Balaban J connectivity index is 1.58. The molecule has 1 aliphatic heterocycles. The van der Waals surface area contributed by atoms with Crippen LogP contribution in [0.1, 0.15) is 19.8 Å². The van der Waals surface area contributed by atoms with Gasteiger partial charge in [0.25, 0.3) is 0 Å². The van der Waals surface area contributed by atoms with Crippen molar-refractivity contribution in [1.29, 1.82) is 0 Å². The molecule has 0 saturated carbocycles. The maximum Gasteiger partial charge on any atom is 0.309 e. The molecule has 0 spiro atoms. The number of nitrogens with zero attached hydrogens (tertiary/aromatic N) is 3. The zero-order valence-corrected chi connectivity index (χ0v) is 17.9. The van der Waals surface area contributed by atoms with Crippen LogP contribution in [0, 0.1) is 5.92 Å². The van der Waals surface area contributed by atoms with Crippen LogP contribution >= 0.6 is 11.6 Å². The summed E-state index contributed by atoms with van der Waals surface area (Å²) in [6, 6.07) is 15.4. The topological polar surface area (TPSA) is 68.5 Å². The molecule has 0 atom stereocenters. The number of benzene rings is 2. The van der Waals surface area contributed by atoms with Gasteiger partial charge in [0.2, 0.25) is 0 Å². The van der Waals surface area contributed by atoms with Gasteiger partial charge in [0.05, 0.1) is 12.5 Å². The number of piperidine rings is 1. The summed E-state index contributed by atoms with van der Waals surface area (Å²) >= 11 is 6.07. The van der Waals surface area contributed by atoms with E-state index in [0.29, 0.717) is 36.1 Å². The minimum Gasteiger partial charge on any atom is -0.466 e. The second-order valence-corrected chi connectivity index (χ2v) is 8.10. The normalized spacial score (nSPS) is 15.0. The summed E-state index contributed by atoms with van der Waals surface area (Å²) in [5.74, 6) is 1.20. The Hall–Kier alpha value is -3.12. The highest BCUT2D eigenvalue weighted by Crippen LogP contribution is 2.36. The number of carbonyl (C=O) groups is 1. The summed E-state index contributed by atoms with van der Waals surface area (Å²) in [5.41, 5.74) is 3.13. The predicted octanol–water partition coefficient (Wildman–Crippen LogP) is 5.48. The number of para-hydroxylation sites is 1. The van der Waals surface area contributed by atoms with E-state index < -0.39 is 0 Å². The van der Waals surface area contributed by atoms with Crippen LogP contribution in [0.15, 0.2) is 52.9 Å². The smallest absolute Gasteiger partial charge is 0.309 e. The molecule has 0 bridgehead atoms. The first-order valence-electron chi connectivity index (χ1n) is 10.5. The number of esters is 1. The van der Waals surface area contributed by atoms with Crippen LogP contribution in [-0.4, -0.2) is 35.6 Å². The van der Waals surface area contributed by atoms with Crippen molar-refractivity contribution >= 4 is 45.5 Å². The minimum absolute atomic E-state index is 0.0695. The van der Waals surface area contributed by atoms with Crippen LogP contribution in [0.2, 0.25) is 5.02 Å². The molecule has 31 heavy (non-hydrogen) atoms. The van der Waals surface area contributed by atoms with Gasteiger partial charge < -0.3 is 14.1 Å². The third-order valence-electron chi connectivity index (χ3n) is 5.72. The summed E-state index contributed by atoms with van der Waals surface area (Å²) in [5, 5.41) is 1.62. The van der Waals surface area contributed by atoms with Crippen molar-refractivity contribution in [1.82, 2.24) is 9.97 Å². The number of furan rings is 1. The second-order valence-electron chi connectivity index (χ2n) is 7.67. The third-order valence-corrected chi connectivity index (χ3v) is 5.97. The first-order chi connectivity index (χ1) is 15.1. The fourth-order valence-electron chi connectivity index (χ4n) is 4.11. The van der Waals surface area contributed by atoms with Gasteiger partial charge in [-0.1, -0.05) is 23.7 Å². The Morgan fingerprint density at radius 3 is 2.61 bits per heavy atom. The number of halogens is 1. The number of ether oxygens (including phenoxy) is 1. The SMILES string of the molecule is CCOC(=O)C1CCN(c2nc(-c3ccc(Cl)cc3)nc3c2oc2ccccc23)CC1. The lowest BCUT2D eigenvalue weighted by molar-refractivity contribution is -0.148. The third kappa shape index (κ3) is 3.72. The molecule has 158 valence electrons. The first-order valence-corrected chi connectivity index (χ1v) is 10.9. The predicted molar refractivity (Wildman–Crippen MR) is 121 cm³/mol. The molecule has 2 aromatic carbocycles. The second kappa shape index (κ2) is 8.19. The molecular formula is C24H22ClN3O3. The van der Waals surface area contributed by atoms with Gasteiger partial charge >= 0.3 is 5.97 Å². The molecule has 4 aromatic rings. The van der Waals surface area contributed by atoms with Crippen LogP contribution in [-0.2, 0) is 9.53 Å². The van der Waals surface area contributed by atoms with E-state index in [-0.39, 0.29) is 11.9 Å². The average molecular weight is 436 g/mol. The quantitative estimate of drug-likeness (QED) is 0.395. The average Bonchev–Trinajstić information content (AvgIpc) is 3.18. The van der Waals surface area contributed by atoms with Gasteiger partial charge in [-0.25, -0.2) is 9.97 Å². The van der Waals surface area contributed by atoms with Gasteiger partial charge in [0.1, 0.15) is 11.1 Å². The highest BCUT2D eigenvalue weighted by Gasteiger charge is 2.29. The molecule has 0 amide bonds. The standard InChI is InChI=1S/C24H22ClN3O3/c1-2-30-24(29)16-11-13-28(14-12-16)23-21-20(18-5-3-4-6-19(18)31-21)26-22(27-23)15-7-9-17(25)10-8-15/h3-10,16H,2,11-14H2,1H3. The van der Waals surface area contributed by atoms with Crippen LogP contribution < -0.4 is 4.90 Å². The zero-order valence-electron chi connectivity index (χ0n) is 17.2. The van der Waals surface area contributed by atoms with Crippen molar-refractivity contribution in [2.75, 3.05) is 24.6 Å². The Morgan fingerprint density at radius 2 is 1.87 bits per heavy atom. The van der Waals surface area contributed by atoms with E-state index in [1.807, 2.05) is 55.5 Å². The number of hydrogen-bond acceptors (Lipinski definition) is 6. The van der Waals surface area contributed by atoms with Gasteiger partial charge in [-0.3, -0.25) is 4.79 Å². The van der Waals surface area contributed by atoms with Crippen LogP contribution in [0.5, 0.6) is 0 Å². The Labute approximate surface area is 184 Å². The number of hydrogen-bond donors (Lipinski definition) is 0. The number of rotatable bonds is 4. The number of carbonyl (C=O) groups excluding carboxylic acids is 1. The van der Waals surface area contributed by atoms with E-state index in [1.165, 1.54) is 0 Å². The van der Waals surface area contributed by atoms with Gasteiger partial charge in [-0.05, 0) is 56.2 Å². The fraction of sp³-hybridized carbons (Fsp3) is 0.292. The minimum atomic E-state index is -0.111. The first kappa shape index (κ1) is 19.8. The van der Waals surface area contributed by atoms with Crippen LogP contribution in [0.3, 0.4) is 0 Å². The molecule has 0 N–H and O–H groups in total. The largest absolute Gasteiger partial charge is 0.466 e. The molecule has 7 heteroatoms. The molecule has 2 aromatic heterocycles. The van der Waals surface area contributed by atoms with Crippen LogP contribution in [0.25, 0.3) is 33.5 Å². The van der Waals surface area contributed by atoms with Crippen molar-refractivity contribution in [2.45, 2.75) is 19.8 Å². The molecule has 0 aliphatic carbocycles. The van der Waals surface area contributed by atoms with Gasteiger partial charge in [-0.15, -0.1) is 0 Å². The lowest BCUT2D eigenvalue weighted by Gasteiger charge is -2.31. The summed E-state index contributed by atoms with van der Waals surface area (Å²) in [6.45, 7) is 3.65. The van der Waals surface area contributed by atoms with E-state index in [0.717, 1.165) is 40.7 Å². The lowest BCUT2D eigenvalue weighted by Crippen LogP contribution is -2.37. The van der Waals surface area contributed by atoms with Crippen molar-refractivity contribution in [3.8, 4) is 11.4 Å². The van der Waals surface area contributed by atoms with Gasteiger partial charge in [-0.2, -0.15) is 0 Å². The molecule has 3 heterocycles. The highest BCUT2D eigenvalue weighted by atomic mass is 35.5. The maximum atomic E-state index is 12.1. The maximum absolute atomic E-state index is 12.1. The van der Waals surface area contributed by atoms with Crippen molar-refractivity contribution in [3.63, 3.8) is 0 Å². The van der Waals surface area contributed by atoms with Gasteiger partial charge in [0, 0.05) is 29.1 Å². The molecule has 1 fully saturated rings. The Bertz CT molecular complexity index is 1240. The highest BCUT2D eigenvalue weighted by molar-refractivity contribution is 6.30. The summed E-state index contributed by atoms with van der Waals surface area (Å²) in [6.07, 6.45) is 1.45. The van der Waals surface area contributed by atoms with Crippen LogP contribution in [0.4, 0.5) is 5.82 Å². The molecule has 1 aliphatic rings. The van der Waals surface area contributed by atoms with E-state index in [2.05, 4.69) is 4.90 Å². The summed E-state index contributed by atoms with van der Waals surface area (Å²) < 4.78 is 11.4. The molecule has 0 radical (unpaired) electrons. The number of anilines is 1. The Morgan fingerprint density at radius 1 is 1.13 bits per heavy atom. The molecule has 0 unspecified atom stereocenters. The van der Waals surface area contributed by atoms with Gasteiger partial charge in [0.15, 0.2) is 17.2 Å². The summed E-state index contributed by atoms with van der Waals surface area (Å²) in [4.78, 5) is 24.0. The fourth-order valence-corrected chi connectivity index (χ4v) is 4.23. The Kier molecular flexibility index (Phi) is 5.24. The molecule has 1 saturated heterocycles. The number of aromatic nitrogens is 2. The summed E-state index contributed by atoms with van der Waals surface area (Å²) in [7, 11) is 0.